The van der Waals surface area contributed by atoms with Crippen LogP contribution in [0.2, 0.25) is 5.02 Å². The lowest BCUT2D eigenvalue weighted by atomic mass is 10.2. The molecule has 0 saturated carbocycles. The quantitative estimate of drug-likeness (QED) is 0.232. The average Bonchev–Trinajstić information content (AvgIpc) is 3.15. The molecule has 0 aliphatic carbocycles. The van der Waals surface area contributed by atoms with Crippen LogP contribution in [0.5, 0.6) is 0 Å². The molecular weight excluding hydrogens is 452 g/mol. The molecule has 11 heteroatoms. The fourth-order valence-corrected chi connectivity index (χ4v) is 4.80. The lowest BCUT2D eigenvalue weighted by Gasteiger charge is -2.13. The van der Waals surface area contributed by atoms with E-state index in [1.165, 1.54) is 27.2 Å². The van der Waals surface area contributed by atoms with Gasteiger partial charge in [0.05, 0.1) is 17.2 Å². The summed E-state index contributed by atoms with van der Waals surface area (Å²) in [5.74, 6) is 0.585. The van der Waals surface area contributed by atoms with E-state index in [-0.39, 0.29) is 17.7 Å². The summed E-state index contributed by atoms with van der Waals surface area (Å²) in [5, 5.41) is 1.66. The number of fused-ring (bicyclic) bond motifs is 2. The molecule has 0 amide bonds. The summed E-state index contributed by atoms with van der Waals surface area (Å²) < 4.78 is 5.92. The number of imidazole rings is 1. The first-order valence-electron chi connectivity index (χ1n) is 10.3. The van der Waals surface area contributed by atoms with Gasteiger partial charge in [-0.05, 0) is 31.0 Å². The Balaban J connectivity index is 1.59. The molecule has 32 heavy (non-hydrogen) atoms. The van der Waals surface area contributed by atoms with Crippen molar-refractivity contribution in [2.45, 2.75) is 38.0 Å². The van der Waals surface area contributed by atoms with Gasteiger partial charge in [0.15, 0.2) is 16.3 Å². The molecule has 0 unspecified atom stereocenters. The van der Waals surface area contributed by atoms with E-state index >= 15 is 0 Å². The summed E-state index contributed by atoms with van der Waals surface area (Å²) in [7, 11) is 3.34. The van der Waals surface area contributed by atoms with E-state index in [2.05, 4.69) is 9.97 Å². The summed E-state index contributed by atoms with van der Waals surface area (Å²) in [5.41, 5.74) is 0.481. The third kappa shape index (κ3) is 3.88. The van der Waals surface area contributed by atoms with E-state index in [0.717, 1.165) is 6.42 Å². The molecule has 0 bridgehead atoms. The smallest absolute Gasteiger partial charge is 0.328 e. The zero-order valence-corrected chi connectivity index (χ0v) is 19.6. The van der Waals surface area contributed by atoms with Gasteiger partial charge in [-0.15, -0.1) is 0 Å². The minimum Gasteiger partial charge on any atom is -0.328 e. The zero-order chi connectivity index (χ0) is 23.0. The minimum absolute atomic E-state index is 0.0947. The topological polar surface area (TPSA) is 96.7 Å². The summed E-state index contributed by atoms with van der Waals surface area (Å²) >= 11 is 7.51. The maximum Gasteiger partial charge on any atom is 0.332 e. The maximum atomic E-state index is 12.9. The Hall–Kier alpha value is -2.85. The fraction of sp³-hybridized carbons (Fsp3) is 0.381. The van der Waals surface area contributed by atoms with Crippen LogP contribution in [0.15, 0.2) is 44.1 Å². The van der Waals surface area contributed by atoms with Crippen molar-refractivity contribution in [1.82, 2.24) is 28.2 Å². The Morgan fingerprint density at radius 3 is 2.59 bits per heavy atom. The monoisotopic (exact) mass is 474 g/mol. The third-order valence-corrected chi connectivity index (χ3v) is 6.59. The fourth-order valence-electron chi connectivity index (χ4n) is 3.68. The Bertz CT molecular complexity index is 1500. The number of hydrogen-bond acceptors (Lipinski definition) is 6. The maximum absolute atomic E-state index is 12.9. The molecule has 1 aromatic carbocycles. The van der Waals surface area contributed by atoms with Crippen molar-refractivity contribution in [2.24, 2.45) is 14.1 Å². The van der Waals surface area contributed by atoms with Crippen LogP contribution in [0.3, 0.4) is 0 Å². The largest absolute Gasteiger partial charge is 0.332 e. The number of thioether (sulfide) groups is 1. The van der Waals surface area contributed by atoms with Crippen LogP contribution in [0.25, 0.3) is 22.1 Å². The molecule has 0 spiro atoms. The minimum atomic E-state index is -0.396. The van der Waals surface area contributed by atoms with E-state index in [1.54, 1.807) is 41.4 Å². The molecule has 9 nitrogen and oxygen atoms in total. The molecule has 0 N–H and O–H groups in total. The van der Waals surface area contributed by atoms with Crippen molar-refractivity contribution in [3.8, 4) is 0 Å². The van der Waals surface area contributed by atoms with E-state index < -0.39 is 5.69 Å². The first-order valence-corrected chi connectivity index (χ1v) is 11.6. The molecule has 0 radical (unpaired) electrons. The second-order valence-corrected chi connectivity index (χ2v) is 9.04. The Morgan fingerprint density at radius 2 is 1.84 bits per heavy atom. The Kier molecular flexibility index (Phi) is 6.25. The summed E-state index contributed by atoms with van der Waals surface area (Å²) in [6.45, 7) is 2.82. The van der Waals surface area contributed by atoms with Crippen molar-refractivity contribution in [1.29, 1.82) is 0 Å². The van der Waals surface area contributed by atoms with Crippen molar-refractivity contribution in [3.05, 3.63) is 60.7 Å². The number of halogens is 1. The van der Waals surface area contributed by atoms with Gasteiger partial charge in [-0.2, -0.15) is 0 Å². The Labute approximate surface area is 192 Å². The molecule has 0 fully saturated rings. The standard InChI is InChI=1S/C21H23ClN6O3S/c1-4-8-27-18(29)14-7-6-13(22)11-15(14)24-20(27)32-10-5-9-28-19(30)16-17(23-12-25(16)2)26(3)21(28)31/h6-7,11-12H,4-5,8-10H2,1-3H3. The third-order valence-electron chi connectivity index (χ3n) is 5.29. The second kappa shape index (κ2) is 8.95. The van der Waals surface area contributed by atoms with Gasteiger partial charge < -0.3 is 4.57 Å². The first kappa shape index (κ1) is 22.3. The predicted molar refractivity (Wildman–Crippen MR) is 127 cm³/mol. The van der Waals surface area contributed by atoms with E-state index in [9.17, 15) is 14.4 Å². The number of aromatic nitrogens is 6. The highest BCUT2D eigenvalue weighted by Gasteiger charge is 2.15. The van der Waals surface area contributed by atoms with Gasteiger partial charge in [0.25, 0.3) is 11.1 Å². The SMILES string of the molecule is CCCn1c(SCCCn2c(=O)c3c(ncn3C)n(C)c2=O)nc2cc(Cl)ccc2c1=O. The molecule has 0 aliphatic heterocycles. The van der Waals surface area contributed by atoms with Gasteiger partial charge in [0.1, 0.15) is 0 Å². The molecule has 4 rings (SSSR count). The van der Waals surface area contributed by atoms with Crippen molar-refractivity contribution < 1.29 is 0 Å². The van der Waals surface area contributed by atoms with Crippen LogP contribution in [0.4, 0.5) is 0 Å². The number of aryl methyl sites for hydroxylation is 2. The van der Waals surface area contributed by atoms with Gasteiger partial charge in [0, 0.05) is 38.0 Å². The summed E-state index contributed by atoms with van der Waals surface area (Å²) in [6.07, 6.45) is 2.87. The highest BCUT2D eigenvalue weighted by atomic mass is 35.5. The summed E-state index contributed by atoms with van der Waals surface area (Å²) in [6, 6.07) is 5.07. The van der Waals surface area contributed by atoms with E-state index in [1.807, 2.05) is 6.92 Å². The predicted octanol–water partition coefficient (Wildman–Crippen LogP) is 2.39. The molecule has 4 aromatic rings. The van der Waals surface area contributed by atoms with Crippen LogP contribution in [-0.4, -0.2) is 34.0 Å². The second-order valence-electron chi connectivity index (χ2n) is 7.54. The number of benzene rings is 1. The molecule has 168 valence electrons. The molecule has 3 heterocycles. The van der Waals surface area contributed by atoms with Crippen LogP contribution in [0.1, 0.15) is 19.8 Å². The Morgan fingerprint density at radius 1 is 1.06 bits per heavy atom. The van der Waals surface area contributed by atoms with Crippen LogP contribution in [0, 0.1) is 0 Å². The highest BCUT2D eigenvalue weighted by molar-refractivity contribution is 7.99. The van der Waals surface area contributed by atoms with Crippen LogP contribution < -0.4 is 16.8 Å². The van der Waals surface area contributed by atoms with Crippen molar-refractivity contribution in [3.63, 3.8) is 0 Å². The first-order chi connectivity index (χ1) is 15.3. The van der Waals surface area contributed by atoms with Crippen molar-refractivity contribution >= 4 is 45.4 Å². The van der Waals surface area contributed by atoms with Gasteiger partial charge in [-0.1, -0.05) is 30.3 Å². The lowest BCUT2D eigenvalue weighted by Crippen LogP contribution is -2.39. The van der Waals surface area contributed by atoms with Gasteiger partial charge in [-0.25, -0.2) is 14.8 Å². The van der Waals surface area contributed by atoms with Gasteiger partial charge >= 0.3 is 5.69 Å². The number of rotatable bonds is 7. The van der Waals surface area contributed by atoms with Gasteiger partial charge in [0.2, 0.25) is 0 Å². The molecular formula is C21H23ClN6O3S. The molecule has 0 saturated heterocycles. The zero-order valence-electron chi connectivity index (χ0n) is 18.0. The van der Waals surface area contributed by atoms with Crippen molar-refractivity contribution in [2.75, 3.05) is 5.75 Å². The van der Waals surface area contributed by atoms with Crippen LogP contribution in [-0.2, 0) is 27.2 Å². The summed E-state index contributed by atoms with van der Waals surface area (Å²) in [4.78, 5) is 47.2. The highest BCUT2D eigenvalue weighted by Crippen LogP contribution is 2.21. The van der Waals surface area contributed by atoms with Gasteiger partial charge in [-0.3, -0.25) is 23.3 Å². The molecule has 3 aromatic heterocycles. The normalized spacial score (nSPS) is 11.6. The van der Waals surface area contributed by atoms with E-state index in [4.69, 9.17) is 11.6 Å². The van der Waals surface area contributed by atoms with Crippen LogP contribution >= 0.6 is 23.4 Å². The lowest BCUT2D eigenvalue weighted by molar-refractivity contribution is 0.580. The van der Waals surface area contributed by atoms with E-state index in [0.29, 0.717) is 51.0 Å². The molecule has 0 aliphatic rings. The number of nitrogens with zero attached hydrogens (tertiary/aromatic N) is 6. The average molecular weight is 475 g/mol. The molecule has 0 atom stereocenters. The number of hydrogen-bond donors (Lipinski definition) is 0.